The van der Waals surface area contributed by atoms with Gasteiger partial charge in [0.05, 0.1) is 12.6 Å². The van der Waals surface area contributed by atoms with Gasteiger partial charge in [-0.05, 0) is 54.9 Å². The third-order valence-electron chi connectivity index (χ3n) is 6.65. The SMILES string of the molecule is CCc1ccc([C@@H](C)NC(=O)CN2CCc3ccccc3[C@H]2C(=O)N2CCCC2)cc1. The summed E-state index contributed by atoms with van der Waals surface area (Å²) >= 11 is 0. The molecule has 1 fully saturated rings. The second kappa shape index (κ2) is 9.65. The van der Waals surface area contributed by atoms with Gasteiger partial charge in [0.1, 0.15) is 6.04 Å². The molecule has 0 aliphatic carbocycles. The molecular weight excluding hydrogens is 386 g/mol. The topological polar surface area (TPSA) is 52.7 Å². The molecule has 5 nitrogen and oxygen atoms in total. The average molecular weight is 420 g/mol. The van der Waals surface area contributed by atoms with Crippen molar-refractivity contribution in [1.82, 2.24) is 15.1 Å². The van der Waals surface area contributed by atoms with Crippen molar-refractivity contribution < 1.29 is 9.59 Å². The quantitative estimate of drug-likeness (QED) is 0.778. The van der Waals surface area contributed by atoms with E-state index in [-0.39, 0.29) is 30.4 Å². The average Bonchev–Trinajstić information content (AvgIpc) is 3.33. The van der Waals surface area contributed by atoms with Crippen molar-refractivity contribution in [2.75, 3.05) is 26.2 Å². The molecule has 2 aromatic carbocycles. The van der Waals surface area contributed by atoms with Gasteiger partial charge in [0.25, 0.3) is 0 Å². The first-order chi connectivity index (χ1) is 15.1. The van der Waals surface area contributed by atoms with Gasteiger partial charge in [0.15, 0.2) is 0 Å². The zero-order valence-electron chi connectivity index (χ0n) is 18.6. The molecule has 0 unspecified atom stereocenters. The van der Waals surface area contributed by atoms with E-state index in [1.165, 1.54) is 11.1 Å². The molecule has 2 amide bonds. The van der Waals surface area contributed by atoms with Gasteiger partial charge >= 0.3 is 0 Å². The number of rotatable bonds is 6. The summed E-state index contributed by atoms with van der Waals surface area (Å²) in [5.74, 6) is 0.103. The Balaban J connectivity index is 1.47. The van der Waals surface area contributed by atoms with Gasteiger partial charge in [0, 0.05) is 19.6 Å². The number of likely N-dealkylation sites (tertiary alicyclic amines) is 1. The number of amides is 2. The predicted molar refractivity (Wildman–Crippen MR) is 123 cm³/mol. The lowest BCUT2D eigenvalue weighted by Crippen LogP contribution is -2.49. The zero-order valence-corrected chi connectivity index (χ0v) is 18.6. The first-order valence-corrected chi connectivity index (χ1v) is 11.6. The van der Waals surface area contributed by atoms with Gasteiger partial charge in [-0.15, -0.1) is 0 Å². The standard InChI is InChI=1S/C26H33N3O2/c1-3-20-10-12-21(13-11-20)19(2)27-24(30)18-29-17-14-22-8-4-5-9-23(22)25(29)26(31)28-15-6-7-16-28/h4-5,8-13,19,25H,3,6-7,14-18H2,1-2H3,(H,27,30)/t19-,25+/m1/s1. The van der Waals surface area contributed by atoms with E-state index < -0.39 is 0 Å². The molecule has 1 saturated heterocycles. The first kappa shape index (κ1) is 21.6. The Morgan fingerprint density at radius 1 is 1.03 bits per heavy atom. The van der Waals surface area contributed by atoms with Crippen molar-refractivity contribution in [2.24, 2.45) is 0 Å². The number of nitrogens with one attached hydrogen (secondary N) is 1. The lowest BCUT2D eigenvalue weighted by molar-refractivity contribution is -0.137. The van der Waals surface area contributed by atoms with Gasteiger partial charge in [-0.25, -0.2) is 0 Å². The molecule has 2 atom stereocenters. The highest BCUT2D eigenvalue weighted by Gasteiger charge is 2.37. The number of fused-ring (bicyclic) bond motifs is 1. The normalized spacial score (nSPS) is 19.7. The Morgan fingerprint density at radius 3 is 2.45 bits per heavy atom. The Bertz CT molecular complexity index is 919. The molecule has 0 radical (unpaired) electrons. The molecule has 4 rings (SSSR count). The first-order valence-electron chi connectivity index (χ1n) is 11.6. The van der Waals surface area contributed by atoms with Gasteiger partial charge < -0.3 is 10.2 Å². The zero-order chi connectivity index (χ0) is 21.8. The van der Waals surface area contributed by atoms with Gasteiger partial charge in [-0.3, -0.25) is 14.5 Å². The van der Waals surface area contributed by atoms with E-state index in [4.69, 9.17) is 0 Å². The van der Waals surface area contributed by atoms with Crippen molar-refractivity contribution in [3.8, 4) is 0 Å². The number of nitrogens with zero attached hydrogens (tertiary/aromatic N) is 2. The molecule has 5 heteroatoms. The molecular formula is C26H33N3O2. The van der Waals surface area contributed by atoms with Crippen LogP contribution in [0.5, 0.6) is 0 Å². The molecule has 164 valence electrons. The van der Waals surface area contributed by atoms with Gasteiger partial charge in [-0.2, -0.15) is 0 Å². The van der Waals surface area contributed by atoms with E-state index in [2.05, 4.69) is 53.5 Å². The summed E-state index contributed by atoms with van der Waals surface area (Å²) in [5, 5.41) is 3.13. The Kier molecular flexibility index (Phi) is 6.71. The maximum atomic E-state index is 13.4. The lowest BCUT2D eigenvalue weighted by atomic mass is 9.91. The molecule has 0 spiro atoms. The largest absolute Gasteiger partial charge is 0.348 e. The minimum Gasteiger partial charge on any atom is -0.348 e. The molecule has 2 aliphatic rings. The third kappa shape index (κ3) is 4.82. The highest BCUT2D eigenvalue weighted by molar-refractivity contribution is 5.86. The van der Waals surface area contributed by atoms with Crippen molar-refractivity contribution >= 4 is 11.8 Å². The van der Waals surface area contributed by atoms with Crippen LogP contribution in [-0.2, 0) is 22.4 Å². The fourth-order valence-corrected chi connectivity index (χ4v) is 4.79. The number of benzene rings is 2. The molecule has 0 bridgehead atoms. The maximum Gasteiger partial charge on any atom is 0.244 e. The van der Waals surface area contributed by atoms with Crippen molar-refractivity contribution in [2.45, 2.75) is 51.6 Å². The van der Waals surface area contributed by atoms with Crippen LogP contribution in [0.15, 0.2) is 48.5 Å². The smallest absolute Gasteiger partial charge is 0.244 e. The molecule has 0 aromatic heterocycles. The summed E-state index contributed by atoms with van der Waals surface area (Å²) in [7, 11) is 0. The van der Waals surface area contributed by atoms with Crippen LogP contribution in [0.25, 0.3) is 0 Å². The Hall–Kier alpha value is -2.66. The third-order valence-corrected chi connectivity index (χ3v) is 6.65. The highest BCUT2D eigenvalue weighted by atomic mass is 16.2. The van der Waals surface area contributed by atoms with Gasteiger partial charge in [0.2, 0.25) is 11.8 Å². The summed E-state index contributed by atoms with van der Waals surface area (Å²) in [6.07, 6.45) is 4.00. The fourth-order valence-electron chi connectivity index (χ4n) is 4.79. The van der Waals surface area contributed by atoms with E-state index >= 15 is 0 Å². The van der Waals surface area contributed by atoms with Crippen LogP contribution in [0.4, 0.5) is 0 Å². The van der Waals surface area contributed by atoms with Crippen LogP contribution in [-0.4, -0.2) is 47.8 Å². The van der Waals surface area contributed by atoms with E-state index in [1.807, 2.05) is 24.0 Å². The van der Waals surface area contributed by atoms with Crippen LogP contribution in [0.2, 0.25) is 0 Å². The molecule has 1 N–H and O–H groups in total. The van der Waals surface area contributed by atoms with Crippen LogP contribution in [0, 0.1) is 0 Å². The van der Waals surface area contributed by atoms with E-state index in [1.54, 1.807) is 0 Å². The summed E-state index contributed by atoms with van der Waals surface area (Å²) in [6, 6.07) is 16.2. The fraction of sp³-hybridized carbons (Fsp3) is 0.462. The molecule has 31 heavy (non-hydrogen) atoms. The van der Waals surface area contributed by atoms with Crippen molar-refractivity contribution in [1.29, 1.82) is 0 Å². The summed E-state index contributed by atoms with van der Waals surface area (Å²) in [4.78, 5) is 30.4. The van der Waals surface area contributed by atoms with Crippen molar-refractivity contribution in [3.05, 3.63) is 70.8 Å². The Morgan fingerprint density at radius 2 is 1.74 bits per heavy atom. The lowest BCUT2D eigenvalue weighted by Gasteiger charge is -2.38. The van der Waals surface area contributed by atoms with Crippen molar-refractivity contribution in [3.63, 3.8) is 0 Å². The number of hydrogen-bond donors (Lipinski definition) is 1. The summed E-state index contributed by atoms with van der Waals surface area (Å²) in [5.41, 5.74) is 4.67. The second-order valence-corrected chi connectivity index (χ2v) is 8.74. The van der Waals surface area contributed by atoms with Crippen LogP contribution >= 0.6 is 0 Å². The number of carbonyl (C=O) groups is 2. The minimum atomic E-state index is -0.368. The highest BCUT2D eigenvalue weighted by Crippen LogP contribution is 2.32. The van der Waals surface area contributed by atoms with Crippen LogP contribution in [0.3, 0.4) is 0 Å². The molecule has 2 aliphatic heterocycles. The monoisotopic (exact) mass is 419 g/mol. The molecule has 2 aromatic rings. The number of hydrogen-bond acceptors (Lipinski definition) is 3. The predicted octanol–water partition coefficient (Wildman–Crippen LogP) is 3.65. The Labute approximate surface area is 185 Å². The summed E-state index contributed by atoms with van der Waals surface area (Å²) in [6.45, 7) is 6.74. The van der Waals surface area contributed by atoms with E-state index in [9.17, 15) is 9.59 Å². The number of aryl methyl sites for hydroxylation is 1. The minimum absolute atomic E-state index is 0.0364. The molecule has 2 heterocycles. The second-order valence-electron chi connectivity index (χ2n) is 8.74. The van der Waals surface area contributed by atoms with Gasteiger partial charge in [-0.1, -0.05) is 55.5 Å². The summed E-state index contributed by atoms with van der Waals surface area (Å²) < 4.78 is 0. The van der Waals surface area contributed by atoms with Crippen LogP contribution < -0.4 is 5.32 Å². The van der Waals surface area contributed by atoms with Crippen LogP contribution in [0.1, 0.15) is 61.0 Å². The molecule has 0 saturated carbocycles. The van der Waals surface area contributed by atoms with E-state index in [0.29, 0.717) is 6.54 Å². The maximum absolute atomic E-state index is 13.4. The van der Waals surface area contributed by atoms with E-state index in [0.717, 1.165) is 49.9 Å². The number of carbonyl (C=O) groups excluding carboxylic acids is 2.